The molecule has 0 bridgehead atoms. The second kappa shape index (κ2) is 5.13. The van der Waals surface area contributed by atoms with Gasteiger partial charge in [-0.1, -0.05) is 25.5 Å². The molecule has 15 heavy (non-hydrogen) atoms. The molecule has 0 aromatic carbocycles. The van der Waals surface area contributed by atoms with Gasteiger partial charge in [0.25, 0.3) is 0 Å². The van der Waals surface area contributed by atoms with Crippen LogP contribution in [0.3, 0.4) is 0 Å². The van der Waals surface area contributed by atoms with Gasteiger partial charge < -0.3 is 10.4 Å². The fraction of sp³-hybridized carbons (Fsp3) is 0.846. The summed E-state index contributed by atoms with van der Waals surface area (Å²) in [6.45, 7) is 2.60. The summed E-state index contributed by atoms with van der Waals surface area (Å²) in [5.74, 6) is 1.34. The fourth-order valence-corrected chi connectivity index (χ4v) is 2.93. The van der Waals surface area contributed by atoms with E-state index in [1.807, 2.05) is 0 Å². The van der Waals surface area contributed by atoms with Gasteiger partial charge in [0.2, 0.25) is 0 Å². The van der Waals surface area contributed by atoms with E-state index in [1.54, 1.807) is 0 Å². The van der Waals surface area contributed by atoms with Crippen molar-refractivity contribution >= 4 is 0 Å². The Morgan fingerprint density at radius 1 is 1.27 bits per heavy atom. The minimum atomic E-state index is 0.303. The molecule has 0 aromatic heterocycles. The van der Waals surface area contributed by atoms with Crippen molar-refractivity contribution in [1.82, 2.24) is 5.32 Å². The number of hydrogen-bond acceptors (Lipinski definition) is 2. The summed E-state index contributed by atoms with van der Waals surface area (Å²) in [6, 6.07) is 1.24. The van der Waals surface area contributed by atoms with E-state index in [4.69, 9.17) is 5.11 Å². The van der Waals surface area contributed by atoms with Crippen LogP contribution in [-0.2, 0) is 0 Å². The highest BCUT2D eigenvalue weighted by molar-refractivity contribution is 5.06. The van der Waals surface area contributed by atoms with Crippen LogP contribution in [0.4, 0.5) is 0 Å². The minimum Gasteiger partial charge on any atom is -0.396 e. The number of aliphatic hydroxyl groups excluding tert-OH is 1. The highest BCUT2D eigenvalue weighted by Crippen LogP contribution is 2.29. The molecule has 0 unspecified atom stereocenters. The Labute approximate surface area is 92.8 Å². The molecule has 2 N–H and O–H groups in total. The lowest BCUT2D eigenvalue weighted by molar-refractivity contribution is 0.244. The topological polar surface area (TPSA) is 32.3 Å². The van der Waals surface area contributed by atoms with Crippen LogP contribution < -0.4 is 5.32 Å². The normalized spacial score (nSPS) is 40.1. The number of hydrogen-bond donors (Lipinski definition) is 2. The molecule has 86 valence electrons. The first kappa shape index (κ1) is 11.2. The Morgan fingerprint density at radius 2 is 2.13 bits per heavy atom. The summed E-state index contributed by atoms with van der Waals surface area (Å²) in [7, 11) is 0. The molecule has 0 aromatic rings. The molecule has 0 saturated heterocycles. The third-order valence-electron chi connectivity index (χ3n) is 3.98. The van der Waals surface area contributed by atoms with E-state index in [2.05, 4.69) is 24.4 Å². The first-order chi connectivity index (χ1) is 7.31. The van der Waals surface area contributed by atoms with Crippen molar-refractivity contribution in [2.75, 3.05) is 6.61 Å². The van der Waals surface area contributed by atoms with Crippen molar-refractivity contribution in [3.63, 3.8) is 0 Å². The quantitative estimate of drug-likeness (QED) is 0.695. The molecule has 1 fully saturated rings. The van der Waals surface area contributed by atoms with Crippen LogP contribution in [-0.4, -0.2) is 23.8 Å². The summed E-state index contributed by atoms with van der Waals surface area (Å²) in [5.41, 5.74) is 0. The smallest absolute Gasteiger partial charge is 0.0494 e. The summed E-state index contributed by atoms with van der Waals surface area (Å²) in [6.07, 6.45) is 10.9. The highest BCUT2D eigenvalue weighted by atomic mass is 16.3. The van der Waals surface area contributed by atoms with Gasteiger partial charge in [0, 0.05) is 24.6 Å². The van der Waals surface area contributed by atoms with Crippen LogP contribution in [0.5, 0.6) is 0 Å². The zero-order valence-electron chi connectivity index (χ0n) is 9.65. The van der Waals surface area contributed by atoms with Gasteiger partial charge in [-0.15, -0.1) is 0 Å². The van der Waals surface area contributed by atoms with Crippen LogP contribution in [0.1, 0.15) is 39.0 Å². The van der Waals surface area contributed by atoms with Crippen molar-refractivity contribution in [3.8, 4) is 0 Å². The average Bonchev–Trinajstić information content (AvgIpc) is 2.87. The van der Waals surface area contributed by atoms with E-state index < -0.39 is 0 Å². The lowest BCUT2D eigenvalue weighted by Gasteiger charge is -2.18. The Hall–Kier alpha value is -0.340. The SMILES string of the molecule is CC[C@@H]1CC[C@H](N[C@@H]2C=C[C@H](CO)C2)C1. The van der Waals surface area contributed by atoms with Crippen molar-refractivity contribution in [2.24, 2.45) is 11.8 Å². The third-order valence-corrected chi connectivity index (χ3v) is 3.98. The maximum absolute atomic E-state index is 9.05. The number of nitrogens with one attached hydrogen (secondary N) is 1. The second-order valence-electron chi connectivity index (χ2n) is 5.12. The van der Waals surface area contributed by atoms with Gasteiger partial charge in [0.1, 0.15) is 0 Å². The standard InChI is InChI=1S/C13H23NO/c1-2-10-3-5-12(7-10)14-13-6-4-11(8-13)9-15/h4,6,10-15H,2-3,5,7-9H2,1H3/t10-,11+,12+,13-/m1/s1. The van der Waals surface area contributed by atoms with Crippen molar-refractivity contribution < 1.29 is 5.11 Å². The van der Waals surface area contributed by atoms with Gasteiger partial charge in [-0.3, -0.25) is 0 Å². The molecule has 0 aliphatic heterocycles. The average molecular weight is 209 g/mol. The fourth-order valence-electron chi connectivity index (χ4n) is 2.93. The lowest BCUT2D eigenvalue weighted by atomic mass is 10.0. The summed E-state index contributed by atoms with van der Waals surface area (Å²) < 4.78 is 0. The van der Waals surface area contributed by atoms with E-state index in [1.165, 1.54) is 25.7 Å². The van der Waals surface area contributed by atoms with Gasteiger partial charge >= 0.3 is 0 Å². The predicted molar refractivity (Wildman–Crippen MR) is 62.7 cm³/mol. The highest BCUT2D eigenvalue weighted by Gasteiger charge is 2.26. The van der Waals surface area contributed by atoms with Gasteiger partial charge in [-0.25, -0.2) is 0 Å². The molecule has 2 heteroatoms. The Kier molecular flexibility index (Phi) is 3.81. The molecule has 0 spiro atoms. The number of aliphatic hydroxyl groups is 1. The van der Waals surface area contributed by atoms with Crippen LogP contribution in [0.25, 0.3) is 0 Å². The first-order valence-electron chi connectivity index (χ1n) is 6.37. The molecule has 4 atom stereocenters. The van der Waals surface area contributed by atoms with Gasteiger partial charge in [-0.05, 0) is 31.6 Å². The van der Waals surface area contributed by atoms with Crippen LogP contribution >= 0.6 is 0 Å². The molecule has 0 heterocycles. The Balaban J connectivity index is 1.73. The number of rotatable bonds is 4. The molecule has 0 radical (unpaired) electrons. The van der Waals surface area contributed by atoms with E-state index in [0.29, 0.717) is 18.6 Å². The maximum Gasteiger partial charge on any atom is 0.0494 e. The Bertz CT molecular complexity index is 227. The van der Waals surface area contributed by atoms with Gasteiger partial charge in [0.05, 0.1) is 0 Å². The first-order valence-corrected chi connectivity index (χ1v) is 6.37. The zero-order valence-corrected chi connectivity index (χ0v) is 9.65. The molecular weight excluding hydrogens is 186 g/mol. The van der Waals surface area contributed by atoms with Crippen molar-refractivity contribution in [3.05, 3.63) is 12.2 Å². The largest absolute Gasteiger partial charge is 0.396 e. The molecule has 2 aliphatic carbocycles. The second-order valence-corrected chi connectivity index (χ2v) is 5.12. The summed E-state index contributed by atoms with van der Waals surface area (Å²) >= 11 is 0. The van der Waals surface area contributed by atoms with E-state index >= 15 is 0 Å². The van der Waals surface area contributed by atoms with Gasteiger partial charge in [-0.2, -0.15) is 0 Å². The summed E-state index contributed by atoms with van der Waals surface area (Å²) in [5, 5.41) is 12.8. The van der Waals surface area contributed by atoms with Crippen molar-refractivity contribution in [2.45, 2.75) is 51.1 Å². The molecule has 0 amide bonds. The molecule has 2 nitrogen and oxygen atoms in total. The Morgan fingerprint density at radius 3 is 2.73 bits per heavy atom. The molecule has 2 aliphatic rings. The van der Waals surface area contributed by atoms with Crippen LogP contribution in [0.15, 0.2) is 12.2 Å². The third kappa shape index (κ3) is 2.82. The van der Waals surface area contributed by atoms with E-state index in [0.717, 1.165) is 18.4 Å². The maximum atomic E-state index is 9.05. The lowest BCUT2D eigenvalue weighted by Crippen LogP contribution is -2.35. The van der Waals surface area contributed by atoms with E-state index in [-0.39, 0.29) is 0 Å². The van der Waals surface area contributed by atoms with Crippen LogP contribution in [0, 0.1) is 11.8 Å². The monoisotopic (exact) mass is 209 g/mol. The zero-order chi connectivity index (χ0) is 10.7. The molecule has 1 saturated carbocycles. The summed E-state index contributed by atoms with van der Waals surface area (Å²) in [4.78, 5) is 0. The minimum absolute atomic E-state index is 0.303. The predicted octanol–water partition coefficient (Wildman–Crippen LogP) is 2.09. The van der Waals surface area contributed by atoms with Gasteiger partial charge in [0.15, 0.2) is 0 Å². The van der Waals surface area contributed by atoms with Crippen LogP contribution in [0.2, 0.25) is 0 Å². The molecule has 2 rings (SSSR count). The van der Waals surface area contributed by atoms with Crippen molar-refractivity contribution in [1.29, 1.82) is 0 Å². The van der Waals surface area contributed by atoms with E-state index in [9.17, 15) is 0 Å². The molecular formula is C13H23NO.